The highest BCUT2D eigenvalue weighted by molar-refractivity contribution is 6.07. The van der Waals surface area contributed by atoms with Crippen LogP contribution in [0.3, 0.4) is 0 Å². The highest BCUT2D eigenvalue weighted by Gasteiger charge is 2.44. The fourth-order valence-electron chi connectivity index (χ4n) is 5.12. The lowest BCUT2D eigenvalue weighted by Crippen LogP contribution is -2.37. The number of nitrogens with one attached hydrogen (secondary N) is 1. The predicted molar refractivity (Wildman–Crippen MR) is 169 cm³/mol. The number of allylic oxidation sites excluding steroid dienone is 1. The second-order valence-corrected chi connectivity index (χ2v) is 10.4. The standard InChI is InChI=1S/C33H43N3O9/c1-5-27-31(33(39)43-7-3)30(29(22(4)35-27)32(38)42-6-2)26-19-23(36(40)41)15-16-28(26)44-18-12-11-17-34-20-24(37)21-45-25-13-9-8-10-14-25/h8-10,13-16,19,24,29-30,34,37H,5-7,11-12,17-18,20-21H2,1-4H3. The number of ether oxygens (including phenoxy) is 4. The van der Waals surface area contributed by atoms with Crippen molar-refractivity contribution in [2.45, 2.75) is 59.0 Å². The first kappa shape index (κ1) is 35.2. The van der Waals surface area contributed by atoms with Crippen LogP contribution in [-0.2, 0) is 19.1 Å². The van der Waals surface area contributed by atoms with Crippen molar-refractivity contribution in [1.82, 2.24) is 5.32 Å². The molecule has 0 amide bonds. The molecule has 3 atom stereocenters. The molecule has 2 aromatic carbocycles. The van der Waals surface area contributed by atoms with Crippen LogP contribution in [0.15, 0.2) is 64.8 Å². The molecule has 12 nitrogen and oxygen atoms in total. The van der Waals surface area contributed by atoms with Gasteiger partial charge in [0.25, 0.3) is 5.69 Å². The van der Waals surface area contributed by atoms with Crippen molar-refractivity contribution in [3.8, 4) is 11.5 Å². The molecule has 0 aliphatic carbocycles. The first-order chi connectivity index (χ1) is 21.7. The molecule has 1 heterocycles. The summed E-state index contributed by atoms with van der Waals surface area (Å²) in [5.74, 6) is -2.21. The number of carbonyl (C=O) groups is 2. The summed E-state index contributed by atoms with van der Waals surface area (Å²) in [5, 5.41) is 25.2. The molecule has 12 heteroatoms. The van der Waals surface area contributed by atoms with Gasteiger partial charge in [0.2, 0.25) is 0 Å². The minimum atomic E-state index is -1.01. The van der Waals surface area contributed by atoms with Crippen molar-refractivity contribution in [2.75, 3.05) is 39.5 Å². The number of hydrogen-bond donors (Lipinski definition) is 2. The molecule has 3 unspecified atom stereocenters. The third-order valence-corrected chi connectivity index (χ3v) is 7.20. The summed E-state index contributed by atoms with van der Waals surface area (Å²) < 4.78 is 22.4. The zero-order valence-corrected chi connectivity index (χ0v) is 26.3. The topological polar surface area (TPSA) is 159 Å². The lowest BCUT2D eigenvalue weighted by Gasteiger charge is -2.32. The molecular formula is C33H43N3O9. The monoisotopic (exact) mass is 625 g/mol. The lowest BCUT2D eigenvalue weighted by atomic mass is 9.74. The van der Waals surface area contributed by atoms with Crippen LogP contribution < -0.4 is 14.8 Å². The fourth-order valence-corrected chi connectivity index (χ4v) is 5.12. The molecule has 0 aromatic heterocycles. The van der Waals surface area contributed by atoms with Gasteiger partial charge in [-0.25, -0.2) is 4.79 Å². The van der Waals surface area contributed by atoms with E-state index in [1.165, 1.54) is 18.2 Å². The van der Waals surface area contributed by atoms with Crippen LogP contribution in [0, 0.1) is 16.0 Å². The number of aliphatic imine (C=N–C) groups is 1. The average Bonchev–Trinajstić information content (AvgIpc) is 3.03. The molecule has 0 saturated heterocycles. The Labute approximate surface area is 263 Å². The van der Waals surface area contributed by atoms with Gasteiger partial charge in [0.1, 0.15) is 30.1 Å². The predicted octanol–water partition coefficient (Wildman–Crippen LogP) is 4.75. The largest absolute Gasteiger partial charge is 0.493 e. The number of para-hydroxylation sites is 1. The minimum absolute atomic E-state index is 0.0994. The van der Waals surface area contributed by atoms with Gasteiger partial charge >= 0.3 is 11.9 Å². The Bertz CT molecular complexity index is 1360. The second-order valence-electron chi connectivity index (χ2n) is 10.4. The van der Waals surface area contributed by atoms with Gasteiger partial charge in [-0.3, -0.25) is 19.9 Å². The summed E-state index contributed by atoms with van der Waals surface area (Å²) in [5.41, 5.74) is 1.14. The summed E-state index contributed by atoms with van der Waals surface area (Å²) in [6, 6.07) is 13.4. The molecule has 45 heavy (non-hydrogen) atoms. The smallest absolute Gasteiger partial charge is 0.336 e. The SMILES string of the molecule is CCOC(=O)C1=C(CC)N=C(C)C(C(=O)OCC)C1c1cc([N+](=O)[O-])ccc1OCCCCNCC(O)COc1ccccc1. The first-order valence-electron chi connectivity index (χ1n) is 15.3. The molecular weight excluding hydrogens is 582 g/mol. The van der Waals surface area contributed by atoms with Gasteiger partial charge in [0.05, 0.1) is 36.0 Å². The Balaban J connectivity index is 1.75. The van der Waals surface area contributed by atoms with E-state index in [9.17, 15) is 24.8 Å². The number of benzene rings is 2. The van der Waals surface area contributed by atoms with Crippen molar-refractivity contribution < 1.29 is 38.6 Å². The number of non-ortho nitro benzene ring substituents is 1. The lowest BCUT2D eigenvalue weighted by molar-refractivity contribution is -0.385. The Morgan fingerprint density at radius 2 is 1.78 bits per heavy atom. The maximum absolute atomic E-state index is 13.3. The van der Waals surface area contributed by atoms with E-state index in [0.717, 1.165) is 6.42 Å². The van der Waals surface area contributed by atoms with E-state index < -0.39 is 34.8 Å². The number of rotatable bonds is 18. The third kappa shape index (κ3) is 9.85. The van der Waals surface area contributed by atoms with Crippen LogP contribution in [-0.4, -0.2) is 73.3 Å². The molecule has 0 spiro atoms. The summed E-state index contributed by atoms with van der Waals surface area (Å²) in [6.45, 7) is 8.51. The quantitative estimate of drug-likeness (QED) is 0.102. The van der Waals surface area contributed by atoms with Gasteiger partial charge in [-0.1, -0.05) is 25.1 Å². The van der Waals surface area contributed by atoms with Gasteiger partial charge in [-0.15, -0.1) is 0 Å². The van der Waals surface area contributed by atoms with Crippen molar-refractivity contribution in [2.24, 2.45) is 10.9 Å². The molecule has 1 aliphatic rings. The van der Waals surface area contributed by atoms with Crippen LogP contribution in [0.2, 0.25) is 0 Å². The number of aliphatic hydroxyl groups excluding tert-OH is 1. The molecule has 0 radical (unpaired) electrons. The van der Waals surface area contributed by atoms with E-state index in [0.29, 0.717) is 54.4 Å². The summed E-state index contributed by atoms with van der Waals surface area (Å²) in [4.78, 5) is 42.4. The van der Waals surface area contributed by atoms with Gasteiger partial charge in [-0.2, -0.15) is 0 Å². The summed E-state index contributed by atoms with van der Waals surface area (Å²) >= 11 is 0. The Kier molecular flexibility index (Phi) is 14.0. The molecule has 2 N–H and O–H groups in total. The fraction of sp³-hybridized carbons (Fsp3) is 0.485. The van der Waals surface area contributed by atoms with Crippen molar-refractivity contribution in [3.05, 3.63) is 75.5 Å². The van der Waals surface area contributed by atoms with E-state index in [2.05, 4.69) is 10.3 Å². The third-order valence-electron chi connectivity index (χ3n) is 7.20. The number of carbonyl (C=O) groups excluding carboxylic acids is 2. The van der Waals surface area contributed by atoms with Gasteiger partial charge in [-0.05, 0) is 64.8 Å². The normalized spacial score (nSPS) is 16.9. The van der Waals surface area contributed by atoms with Crippen LogP contribution in [0.25, 0.3) is 0 Å². The molecule has 2 aromatic rings. The molecule has 0 saturated carbocycles. The van der Waals surface area contributed by atoms with Crippen molar-refractivity contribution in [3.63, 3.8) is 0 Å². The molecule has 1 aliphatic heterocycles. The summed E-state index contributed by atoms with van der Waals surface area (Å²) in [7, 11) is 0. The van der Waals surface area contributed by atoms with Crippen LogP contribution in [0.1, 0.15) is 58.4 Å². The van der Waals surface area contributed by atoms with Crippen LogP contribution in [0.5, 0.6) is 11.5 Å². The zero-order valence-electron chi connectivity index (χ0n) is 26.3. The Morgan fingerprint density at radius 1 is 1.04 bits per heavy atom. The highest BCUT2D eigenvalue weighted by atomic mass is 16.6. The van der Waals surface area contributed by atoms with Gasteiger partial charge in [0, 0.05) is 35.9 Å². The second kappa shape index (κ2) is 17.9. The van der Waals surface area contributed by atoms with E-state index >= 15 is 0 Å². The number of unbranched alkanes of at least 4 members (excludes halogenated alkanes) is 1. The highest BCUT2D eigenvalue weighted by Crippen LogP contribution is 2.45. The number of aliphatic hydroxyl groups is 1. The van der Waals surface area contributed by atoms with E-state index in [1.54, 1.807) is 20.8 Å². The number of nitro groups is 1. The maximum atomic E-state index is 13.3. The van der Waals surface area contributed by atoms with Crippen LogP contribution >= 0.6 is 0 Å². The average molecular weight is 626 g/mol. The van der Waals surface area contributed by atoms with E-state index in [1.807, 2.05) is 37.3 Å². The molecule has 0 bridgehead atoms. The summed E-state index contributed by atoms with van der Waals surface area (Å²) in [6.07, 6.45) is 1.06. The number of nitro benzene ring substituents is 1. The van der Waals surface area contributed by atoms with Crippen molar-refractivity contribution in [1.29, 1.82) is 0 Å². The van der Waals surface area contributed by atoms with E-state index in [4.69, 9.17) is 18.9 Å². The van der Waals surface area contributed by atoms with Crippen molar-refractivity contribution >= 4 is 23.3 Å². The molecule has 0 fully saturated rings. The Morgan fingerprint density at radius 3 is 2.44 bits per heavy atom. The maximum Gasteiger partial charge on any atom is 0.336 e. The first-order valence-corrected chi connectivity index (χ1v) is 15.3. The Hall–Kier alpha value is -4.29. The minimum Gasteiger partial charge on any atom is -0.493 e. The van der Waals surface area contributed by atoms with E-state index in [-0.39, 0.29) is 37.7 Å². The zero-order chi connectivity index (χ0) is 32.8. The van der Waals surface area contributed by atoms with Crippen LogP contribution in [0.4, 0.5) is 5.69 Å². The number of hydrogen-bond acceptors (Lipinski definition) is 11. The number of nitrogens with zero attached hydrogens (tertiary/aromatic N) is 2. The molecule has 3 rings (SSSR count). The van der Waals surface area contributed by atoms with Gasteiger partial charge < -0.3 is 29.4 Å². The van der Waals surface area contributed by atoms with Gasteiger partial charge in [0.15, 0.2) is 0 Å². The molecule has 244 valence electrons. The number of esters is 2.